The maximum atomic E-state index is 12.4. The van der Waals surface area contributed by atoms with Gasteiger partial charge in [-0.1, -0.05) is 42.5 Å². The van der Waals surface area contributed by atoms with Crippen LogP contribution < -0.4 is 10.6 Å². The van der Waals surface area contributed by atoms with Gasteiger partial charge in [0.05, 0.1) is 13.0 Å². The molecule has 2 aromatic heterocycles. The number of benzene rings is 3. The third kappa shape index (κ3) is 6.10. The Morgan fingerprint density at radius 1 is 0.838 bits per heavy atom. The van der Waals surface area contributed by atoms with Gasteiger partial charge in [-0.25, -0.2) is 9.97 Å². The van der Waals surface area contributed by atoms with Crippen molar-refractivity contribution in [1.82, 2.24) is 15.3 Å². The van der Waals surface area contributed by atoms with Gasteiger partial charge in [0.2, 0.25) is 17.7 Å². The van der Waals surface area contributed by atoms with E-state index in [1.807, 2.05) is 85.8 Å². The van der Waals surface area contributed by atoms with Crippen LogP contribution in [0, 0.1) is 6.92 Å². The van der Waals surface area contributed by atoms with E-state index in [1.54, 1.807) is 0 Å². The van der Waals surface area contributed by atoms with E-state index in [4.69, 9.17) is 8.83 Å². The number of nitrogens with one attached hydrogen (secondary N) is 2. The number of carbonyl (C=O) groups is 2. The Morgan fingerprint density at radius 3 is 2.38 bits per heavy atom. The Hall–Kier alpha value is -4.72. The van der Waals surface area contributed by atoms with Crippen molar-refractivity contribution in [3.63, 3.8) is 0 Å². The molecular formula is C29H26N4O4. The lowest BCUT2D eigenvalue weighted by atomic mass is 10.1. The monoisotopic (exact) mass is 494 g/mol. The van der Waals surface area contributed by atoms with Crippen LogP contribution in [0.25, 0.3) is 22.6 Å². The molecule has 0 atom stereocenters. The summed E-state index contributed by atoms with van der Waals surface area (Å²) in [5.41, 5.74) is 4.58. The first-order valence-electron chi connectivity index (χ1n) is 12.0. The molecule has 0 unspecified atom stereocenters. The van der Waals surface area contributed by atoms with Gasteiger partial charge in [-0.15, -0.1) is 0 Å². The summed E-state index contributed by atoms with van der Waals surface area (Å²) < 4.78 is 11.5. The van der Waals surface area contributed by atoms with E-state index < -0.39 is 0 Å². The van der Waals surface area contributed by atoms with Crippen LogP contribution in [-0.2, 0) is 29.0 Å². The lowest BCUT2D eigenvalue weighted by Crippen LogP contribution is -2.23. The lowest BCUT2D eigenvalue weighted by Gasteiger charge is -2.06. The second-order valence-electron chi connectivity index (χ2n) is 8.66. The highest BCUT2D eigenvalue weighted by Gasteiger charge is 2.14. The van der Waals surface area contributed by atoms with Crippen LogP contribution in [0.2, 0.25) is 0 Å². The smallest absolute Gasteiger partial charge is 0.228 e. The fourth-order valence-electron chi connectivity index (χ4n) is 3.92. The molecule has 2 N–H and O–H groups in total. The highest BCUT2D eigenvalue weighted by Crippen LogP contribution is 2.23. The Balaban J connectivity index is 1.13. The molecule has 8 heteroatoms. The van der Waals surface area contributed by atoms with Crippen molar-refractivity contribution < 1.29 is 18.4 Å². The summed E-state index contributed by atoms with van der Waals surface area (Å²) in [5, 5.41) is 5.78. The van der Waals surface area contributed by atoms with Crippen molar-refractivity contribution in [2.45, 2.75) is 32.7 Å². The highest BCUT2D eigenvalue weighted by atomic mass is 16.4. The molecule has 5 rings (SSSR count). The Morgan fingerprint density at radius 2 is 1.59 bits per heavy atom. The lowest BCUT2D eigenvalue weighted by molar-refractivity contribution is -0.121. The average molecular weight is 495 g/mol. The summed E-state index contributed by atoms with van der Waals surface area (Å²) in [4.78, 5) is 33.6. The standard InChI is InChI=1S/C29H26N4O4/c1-19-24(18-30-26(34)15-16-28-32-23-9-5-6-10-25(23)37-28)33-29(36-19)21-11-13-22(14-12-21)31-27(35)17-20-7-3-2-4-8-20/h2-14H,15-18H2,1H3,(H,30,34)(H,31,35). The molecule has 37 heavy (non-hydrogen) atoms. The molecule has 0 aliphatic carbocycles. The summed E-state index contributed by atoms with van der Waals surface area (Å²) in [6.07, 6.45) is 0.983. The van der Waals surface area contributed by atoms with E-state index in [1.165, 1.54) is 0 Å². The first-order chi connectivity index (χ1) is 18.0. The van der Waals surface area contributed by atoms with Crippen molar-refractivity contribution in [2.24, 2.45) is 0 Å². The van der Waals surface area contributed by atoms with Crippen molar-refractivity contribution >= 4 is 28.6 Å². The Bertz CT molecular complexity index is 1490. The largest absolute Gasteiger partial charge is 0.441 e. The van der Waals surface area contributed by atoms with Gasteiger partial charge in [0.1, 0.15) is 17.0 Å². The van der Waals surface area contributed by atoms with Crippen molar-refractivity contribution in [3.05, 3.63) is 102 Å². The van der Waals surface area contributed by atoms with Gasteiger partial charge in [-0.05, 0) is 48.9 Å². The van der Waals surface area contributed by atoms with E-state index in [9.17, 15) is 9.59 Å². The molecule has 3 aromatic carbocycles. The third-order valence-electron chi connectivity index (χ3n) is 5.87. The van der Waals surface area contributed by atoms with Gasteiger partial charge in [0.15, 0.2) is 11.5 Å². The zero-order valence-electron chi connectivity index (χ0n) is 20.4. The number of carbonyl (C=O) groups excluding carboxylic acids is 2. The normalized spacial score (nSPS) is 10.9. The van der Waals surface area contributed by atoms with Gasteiger partial charge in [-0.2, -0.15) is 0 Å². The molecule has 5 aromatic rings. The minimum atomic E-state index is -0.123. The van der Waals surface area contributed by atoms with Crippen LogP contribution in [0.4, 0.5) is 5.69 Å². The molecule has 0 saturated carbocycles. The number of hydrogen-bond donors (Lipinski definition) is 2. The van der Waals surface area contributed by atoms with E-state index >= 15 is 0 Å². The maximum Gasteiger partial charge on any atom is 0.228 e. The molecule has 0 fully saturated rings. The van der Waals surface area contributed by atoms with E-state index in [2.05, 4.69) is 20.6 Å². The van der Waals surface area contributed by atoms with Crippen LogP contribution in [0.5, 0.6) is 0 Å². The average Bonchev–Trinajstić information content (AvgIpc) is 3.50. The third-order valence-corrected chi connectivity index (χ3v) is 5.87. The Kier molecular flexibility index (Phi) is 7.07. The number of para-hydroxylation sites is 2. The predicted octanol–water partition coefficient (Wildman–Crippen LogP) is 5.22. The summed E-state index contributed by atoms with van der Waals surface area (Å²) in [7, 11) is 0. The summed E-state index contributed by atoms with van der Waals surface area (Å²) >= 11 is 0. The van der Waals surface area contributed by atoms with Crippen LogP contribution >= 0.6 is 0 Å². The summed E-state index contributed by atoms with van der Waals surface area (Å²) in [5.74, 6) is 1.42. The number of aryl methyl sites for hydroxylation is 2. The molecule has 2 heterocycles. The number of fused-ring (bicyclic) bond motifs is 1. The number of hydrogen-bond acceptors (Lipinski definition) is 6. The number of aromatic nitrogens is 2. The molecular weight excluding hydrogens is 468 g/mol. The first kappa shape index (κ1) is 24.0. The first-order valence-corrected chi connectivity index (χ1v) is 12.0. The van der Waals surface area contributed by atoms with Crippen LogP contribution in [-0.4, -0.2) is 21.8 Å². The van der Waals surface area contributed by atoms with E-state index in [0.29, 0.717) is 47.3 Å². The van der Waals surface area contributed by atoms with Gasteiger partial charge in [0.25, 0.3) is 0 Å². The van der Waals surface area contributed by atoms with Crippen LogP contribution in [0.1, 0.15) is 29.3 Å². The second kappa shape index (κ2) is 10.9. The van der Waals surface area contributed by atoms with Gasteiger partial charge < -0.3 is 19.5 Å². The SMILES string of the molecule is Cc1oc(-c2ccc(NC(=O)Cc3ccccc3)cc2)nc1CNC(=O)CCc1nc2ccccc2o1. The molecule has 0 radical (unpaired) electrons. The maximum absolute atomic E-state index is 12.4. The van der Waals surface area contributed by atoms with E-state index in [-0.39, 0.29) is 24.8 Å². The number of anilines is 1. The highest BCUT2D eigenvalue weighted by molar-refractivity contribution is 5.92. The van der Waals surface area contributed by atoms with E-state index in [0.717, 1.165) is 16.6 Å². The topological polar surface area (TPSA) is 110 Å². The number of rotatable bonds is 9. The molecule has 0 aliphatic heterocycles. The van der Waals surface area contributed by atoms with Gasteiger partial charge in [-0.3, -0.25) is 9.59 Å². The number of oxazole rings is 2. The molecule has 2 amide bonds. The zero-order valence-corrected chi connectivity index (χ0v) is 20.4. The van der Waals surface area contributed by atoms with Crippen LogP contribution in [0.15, 0.2) is 87.7 Å². The quantitative estimate of drug-likeness (QED) is 0.291. The van der Waals surface area contributed by atoms with Crippen molar-refractivity contribution in [1.29, 1.82) is 0 Å². The summed E-state index contributed by atoms with van der Waals surface area (Å²) in [6.45, 7) is 2.07. The molecule has 0 saturated heterocycles. The predicted molar refractivity (Wildman–Crippen MR) is 140 cm³/mol. The van der Waals surface area contributed by atoms with Gasteiger partial charge in [0, 0.05) is 24.1 Å². The summed E-state index contributed by atoms with van der Waals surface area (Å²) in [6, 6.07) is 24.4. The molecule has 0 aliphatic rings. The fourth-order valence-corrected chi connectivity index (χ4v) is 3.92. The van der Waals surface area contributed by atoms with Crippen molar-refractivity contribution in [2.75, 3.05) is 5.32 Å². The fraction of sp³-hybridized carbons (Fsp3) is 0.172. The molecule has 186 valence electrons. The Labute approximate surface area is 213 Å². The number of amides is 2. The zero-order chi connectivity index (χ0) is 25.6. The molecule has 0 spiro atoms. The molecule has 0 bridgehead atoms. The minimum Gasteiger partial charge on any atom is -0.441 e. The van der Waals surface area contributed by atoms with Crippen LogP contribution in [0.3, 0.4) is 0 Å². The second-order valence-corrected chi connectivity index (χ2v) is 8.66. The minimum absolute atomic E-state index is 0.0833. The van der Waals surface area contributed by atoms with Crippen molar-refractivity contribution in [3.8, 4) is 11.5 Å². The molecule has 8 nitrogen and oxygen atoms in total. The number of nitrogens with zero attached hydrogens (tertiary/aromatic N) is 2. The van der Waals surface area contributed by atoms with Gasteiger partial charge >= 0.3 is 0 Å².